The summed E-state index contributed by atoms with van der Waals surface area (Å²) in [5.41, 5.74) is 1.56. The van der Waals surface area contributed by atoms with Crippen LogP contribution in [0.5, 0.6) is 0 Å². The number of pyridine rings is 1. The van der Waals surface area contributed by atoms with Crippen LogP contribution >= 0.6 is 23.5 Å². The maximum atomic E-state index is 12.8. The van der Waals surface area contributed by atoms with E-state index in [4.69, 9.17) is 16.3 Å². The number of rotatable bonds is 6. The molecule has 162 valence electrons. The lowest BCUT2D eigenvalue weighted by molar-refractivity contribution is 0.0595. The van der Waals surface area contributed by atoms with E-state index in [1.54, 1.807) is 22.8 Å². The highest BCUT2D eigenvalue weighted by Crippen LogP contribution is 2.30. The average molecular weight is 450 g/mol. The fraction of sp³-hybridized carbons (Fsp3) is 0.571. The Morgan fingerprint density at radius 2 is 2.10 bits per heavy atom. The molecule has 0 aliphatic carbocycles. The Kier molecular flexibility index (Phi) is 7.30. The summed E-state index contributed by atoms with van der Waals surface area (Å²) in [5, 5.41) is 7.95. The predicted molar refractivity (Wildman–Crippen MR) is 120 cm³/mol. The molecule has 2 aromatic rings. The van der Waals surface area contributed by atoms with Gasteiger partial charge in [0.15, 0.2) is 0 Å². The van der Waals surface area contributed by atoms with Crippen molar-refractivity contribution in [3.63, 3.8) is 0 Å². The Balaban J connectivity index is 1.34. The van der Waals surface area contributed by atoms with E-state index < -0.39 is 0 Å². The molecule has 2 fully saturated rings. The summed E-state index contributed by atoms with van der Waals surface area (Å²) in [6.07, 6.45) is 9.37. The second kappa shape index (κ2) is 10.1. The molecule has 2 aliphatic rings. The zero-order chi connectivity index (χ0) is 20.9. The first kappa shape index (κ1) is 21.6. The maximum Gasteiger partial charge on any atom is 0.287 e. The minimum absolute atomic E-state index is 0.0725. The molecule has 0 amide bonds. The van der Waals surface area contributed by atoms with Crippen molar-refractivity contribution in [2.75, 3.05) is 38.2 Å². The fourth-order valence-corrected chi connectivity index (χ4v) is 5.20. The number of halogens is 1. The molecular formula is C21H28ClN5O2S. The largest absolute Gasteiger partial charge is 0.382 e. The van der Waals surface area contributed by atoms with Gasteiger partial charge in [0, 0.05) is 43.5 Å². The van der Waals surface area contributed by atoms with Gasteiger partial charge in [-0.2, -0.15) is 5.10 Å². The Labute approximate surface area is 186 Å². The van der Waals surface area contributed by atoms with Gasteiger partial charge in [0.05, 0.1) is 24.5 Å². The Hall–Kier alpha value is -1.61. The molecule has 30 heavy (non-hydrogen) atoms. The van der Waals surface area contributed by atoms with E-state index in [0.717, 1.165) is 69.0 Å². The van der Waals surface area contributed by atoms with Gasteiger partial charge in [-0.05, 0) is 62.1 Å². The lowest BCUT2D eigenvalue weighted by Crippen LogP contribution is -2.36. The molecule has 1 unspecified atom stereocenters. The van der Waals surface area contributed by atoms with Gasteiger partial charge in [-0.1, -0.05) is 11.6 Å². The number of aryl methyl sites for hydroxylation is 1. The minimum atomic E-state index is -0.212. The molecule has 0 aromatic carbocycles. The third-order valence-electron chi connectivity index (χ3n) is 5.63. The average Bonchev–Trinajstić information content (AvgIpc) is 2.76. The molecule has 9 heteroatoms. The van der Waals surface area contributed by atoms with Crippen molar-refractivity contribution in [3.05, 3.63) is 45.6 Å². The summed E-state index contributed by atoms with van der Waals surface area (Å²) in [7, 11) is 0. The van der Waals surface area contributed by atoms with Crippen LogP contribution in [-0.4, -0.2) is 51.9 Å². The molecule has 1 atom stereocenters. The van der Waals surface area contributed by atoms with Crippen molar-refractivity contribution in [3.8, 4) is 0 Å². The van der Waals surface area contributed by atoms with Crippen molar-refractivity contribution in [2.24, 2.45) is 5.92 Å². The normalized spacial score (nSPS) is 20.9. The van der Waals surface area contributed by atoms with Gasteiger partial charge in [-0.15, -0.1) is 0 Å². The first-order chi connectivity index (χ1) is 14.6. The second-order valence-electron chi connectivity index (χ2n) is 8.04. The van der Waals surface area contributed by atoms with Gasteiger partial charge in [0.1, 0.15) is 5.02 Å². The number of aromatic nitrogens is 3. The lowest BCUT2D eigenvalue weighted by Gasteiger charge is -2.31. The van der Waals surface area contributed by atoms with Crippen LogP contribution in [0.2, 0.25) is 5.02 Å². The number of piperidine rings is 1. The topological polar surface area (TPSA) is 72.3 Å². The highest BCUT2D eigenvalue weighted by Gasteiger charge is 2.24. The van der Waals surface area contributed by atoms with E-state index in [9.17, 15) is 4.79 Å². The summed E-state index contributed by atoms with van der Waals surface area (Å²) >= 11 is 8.12. The Morgan fingerprint density at radius 1 is 1.27 bits per heavy atom. The molecule has 4 rings (SSSR count). The van der Waals surface area contributed by atoms with Crippen LogP contribution in [-0.2, 0) is 4.74 Å². The standard InChI is InChI=1S/C21H28ClN5O2S/c1-15-9-18(12-23-10-15)30-26-6-4-17(5-7-26)27-21(28)20(22)19(13-25-27)24-11-16-3-2-8-29-14-16/h9-10,12-13,16-17,24H,2-8,11,14H2,1H3. The van der Waals surface area contributed by atoms with Crippen LogP contribution < -0.4 is 10.9 Å². The monoisotopic (exact) mass is 449 g/mol. The molecule has 0 saturated carbocycles. The van der Waals surface area contributed by atoms with E-state index in [-0.39, 0.29) is 16.6 Å². The SMILES string of the molecule is Cc1cncc(SN2CCC(n3ncc(NCC4CCCOC4)c(Cl)c3=O)CC2)c1. The highest BCUT2D eigenvalue weighted by molar-refractivity contribution is 7.97. The van der Waals surface area contributed by atoms with Crippen LogP contribution in [0, 0.1) is 12.8 Å². The van der Waals surface area contributed by atoms with Crippen molar-refractivity contribution >= 4 is 29.2 Å². The molecule has 2 saturated heterocycles. The first-order valence-electron chi connectivity index (χ1n) is 10.5. The second-order valence-corrected chi connectivity index (χ2v) is 9.58. The lowest BCUT2D eigenvalue weighted by atomic mass is 10.0. The van der Waals surface area contributed by atoms with Crippen LogP contribution in [0.3, 0.4) is 0 Å². The summed E-state index contributed by atoms with van der Waals surface area (Å²) in [4.78, 5) is 18.2. The number of hydrogen-bond donors (Lipinski definition) is 1. The Bertz CT molecular complexity index is 911. The summed E-state index contributed by atoms with van der Waals surface area (Å²) < 4.78 is 9.40. The molecule has 2 aromatic heterocycles. The summed E-state index contributed by atoms with van der Waals surface area (Å²) in [6.45, 7) is 6.16. The van der Waals surface area contributed by atoms with Gasteiger partial charge in [0.25, 0.3) is 5.56 Å². The number of ether oxygens (including phenoxy) is 1. The van der Waals surface area contributed by atoms with Gasteiger partial charge < -0.3 is 10.1 Å². The Morgan fingerprint density at radius 3 is 2.83 bits per heavy atom. The molecule has 0 spiro atoms. The summed E-state index contributed by atoms with van der Waals surface area (Å²) in [6, 6.07) is 2.21. The molecule has 7 nitrogen and oxygen atoms in total. The van der Waals surface area contributed by atoms with E-state index in [1.807, 2.05) is 19.3 Å². The zero-order valence-corrected chi connectivity index (χ0v) is 18.8. The number of nitrogens with zero attached hydrogens (tertiary/aromatic N) is 4. The fourth-order valence-electron chi connectivity index (χ4n) is 3.96. The smallest absolute Gasteiger partial charge is 0.287 e. The van der Waals surface area contributed by atoms with Crippen molar-refractivity contribution in [1.82, 2.24) is 19.1 Å². The van der Waals surface area contributed by atoms with E-state index >= 15 is 0 Å². The van der Waals surface area contributed by atoms with E-state index in [1.165, 1.54) is 0 Å². The maximum absolute atomic E-state index is 12.8. The van der Waals surface area contributed by atoms with Crippen LogP contribution in [0.25, 0.3) is 0 Å². The number of nitrogens with one attached hydrogen (secondary N) is 1. The van der Waals surface area contributed by atoms with Gasteiger partial charge in [-0.25, -0.2) is 8.99 Å². The number of hydrogen-bond acceptors (Lipinski definition) is 7. The minimum Gasteiger partial charge on any atom is -0.382 e. The van der Waals surface area contributed by atoms with E-state index in [0.29, 0.717) is 11.6 Å². The van der Waals surface area contributed by atoms with Gasteiger partial charge >= 0.3 is 0 Å². The van der Waals surface area contributed by atoms with Crippen LogP contribution in [0.1, 0.15) is 37.3 Å². The van der Waals surface area contributed by atoms with Crippen LogP contribution in [0.4, 0.5) is 5.69 Å². The van der Waals surface area contributed by atoms with Crippen LogP contribution in [0.15, 0.2) is 34.3 Å². The van der Waals surface area contributed by atoms with Gasteiger partial charge in [-0.3, -0.25) is 9.78 Å². The highest BCUT2D eigenvalue weighted by atomic mass is 35.5. The van der Waals surface area contributed by atoms with Gasteiger partial charge in [0.2, 0.25) is 0 Å². The molecular weight excluding hydrogens is 422 g/mol. The van der Waals surface area contributed by atoms with E-state index in [2.05, 4.69) is 25.8 Å². The molecule has 0 radical (unpaired) electrons. The third kappa shape index (κ3) is 5.35. The quantitative estimate of drug-likeness (QED) is 0.672. The first-order valence-corrected chi connectivity index (χ1v) is 11.7. The molecule has 0 bridgehead atoms. The molecule has 4 heterocycles. The van der Waals surface area contributed by atoms with Crippen molar-refractivity contribution < 1.29 is 4.74 Å². The third-order valence-corrected chi connectivity index (χ3v) is 7.06. The van der Waals surface area contributed by atoms with Crippen molar-refractivity contribution in [2.45, 2.75) is 43.5 Å². The van der Waals surface area contributed by atoms with Crippen molar-refractivity contribution in [1.29, 1.82) is 0 Å². The summed E-state index contributed by atoms with van der Waals surface area (Å²) in [5.74, 6) is 0.447. The zero-order valence-electron chi connectivity index (χ0n) is 17.2. The number of anilines is 1. The predicted octanol–water partition coefficient (Wildman–Crippen LogP) is 3.78. The molecule has 2 aliphatic heterocycles. The molecule has 1 N–H and O–H groups in total.